The van der Waals surface area contributed by atoms with Crippen molar-refractivity contribution in [3.63, 3.8) is 0 Å². The molecule has 0 saturated carbocycles. The molecule has 0 aromatic heterocycles. The van der Waals surface area contributed by atoms with Gasteiger partial charge >= 0.3 is 0 Å². The summed E-state index contributed by atoms with van der Waals surface area (Å²) in [4.78, 5) is 10.8. The van der Waals surface area contributed by atoms with E-state index in [9.17, 15) is 4.79 Å². The Bertz CT molecular complexity index is 280. The molecule has 0 bridgehead atoms. The third-order valence-corrected chi connectivity index (χ3v) is 4.79. The van der Waals surface area contributed by atoms with E-state index in [1.54, 1.807) is 6.92 Å². The number of unbranched alkanes of at least 4 members (excludes halogenated alkanes) is 15. The van der Waals surface area contributed by atoms with Gasteiger partial charge in [-0.05, 0) is 39.0 Å². The first-order valence-corrected chi connectivity index (χ1v) is 10.9. The zero-order chi connectivity index (χ0) is 17.7. The molecule has 0 saturated heterocycles. The van der Waals surface area contributed by atoms with Gasteiger partial charge in [0.1, 0.15) is 5.78 Å². The van der Waals surface area contributed by atoms with Crippen molar-refractivity contribution in [1.29, 1.82) is 0 Å². The van der Waals surface area contributed by atoms with Gasteiger partial charge in [0.15, 0.2) is 0 Å². The highest BCUT2D eigenvalue weighted by Gasteiger charge is 1.95. The van der Waals surface area contributed by atoms with E-state index in [0.29, 0.717) is 5.78 Å². The zero-order valence-electron chi connectivity index (χ0n) is 16.8. The van der Waals surface area contributed by atoms with Crippen LogP contribution in [-0.2, 0) is 4.79 Å². The van der Waals surface area contributed by atoms with Crippen LogP contribution in [0.3, 0.4) is 0 Å². The highest BCUT2D eigenvalue weighted by atomic mass is 16.1. The molecule has 0 heterocycles. The Kier molecular flexibility index (Phi) is 20.0. The van der Waals surface area contributed by atoms with Gasteiger partial charge in [-0.1, -0.05) is 96.1 Å². The van der Waals surface area contributed by atoms with Gasteiger partial charge in [0.25, 0.3) is 0 Å². The Morgan fingerprint density at radius 2 is 0.958 bits per heavy atom. The lowest BCUT2D eigenvalue weighted by Crippen LogP contribution is -1.89. The van der Waals surface area contributed by atoms with Gasteiger partial charge in [-0.3, -0.25) is 0 Å². The first-order valence-electron chi connectivity index (χ1n) is 10.9. The third kappa shape index (κ3) is 21.4. The van der Waals surface area contributed by atoms with Gasteiger partial charge in [0, 0.05) is 6.42 Å². The summed E-state index contributed by atoms with van der Waals surface area (Å²) < 4.78 is 0. The van der Waals surface area contributed by atoms with Crippen molar-refractivity contribution in [2.24, 2.45) is 0 Å². The molecule has 0 aliphatic rings. The maximum atomic E-state index is 10.8. The van der Waals surface area contributed by atoms with Crippen molar-refractivity contribution < 1.29 is 4.79 Å². The standard InChI is InChI=1S/C23H44O/c1-3-4-5-6-7-8-9-10-11-12-13-14-15-16-17-18-19-20-21-22-23(2)24/h10-11H,3-9,12-22H2,1-2H3. The van der Waals surface area contributed by atoms with Crippen molar-refractivity contribution in [2.45, 2.75) is 129 Å². The van der Waals surface area contributed by atoms with E-state index < -0.39 is 0 Å². The molecule has 0 radical (unpaired) electrons. The quantitative estimate of drug-likeness (QED) is 0.172. The highest BCUT2D eigenvalue weighted by Crippen LogP contribution is 2.12. The van der Waals surface area contributed by atoms with E-state index in [0.717, 1.165) is 12.8 Å². The third-order valence-electron chi connectivity index (χ3n) is 4.79. The van der Waals surface area contributed by atoms with Gasteiger partial charge in [0.2, 0.25) is 0 Å². The average molecular weight is 337 g/mol. The minimum absolute atomic E-state index is 0.344. The Balaban J connectivity index is 3.06. The fourth-order valence-corrected chi connectivity index (χ4v) is 3.15. The summed E-state index contributed by atoms with van der Waals surface area (Å²) in [7, 11) is 0. The van der Waals surface area contributed by atoms with Crippen LogP contribution < -0.4 is 0 Å². The molecule has 0 spiro atoms. The summed E-state index contributed by atoms with van der Waals surface area (Å²) in [6, 6.07) is 0. The highest BCUT2D eigenvalue weighted by molar-refractivity contribution is 5.75. The second-order valence-electron chi connectivity index (χ2n) is 7.45. The molecule has 1 nitrogen and oxygen atoms in total. The molecule has 142 valence electrons. The van der Waals surface area contributed by atoms with E-state index in [4.69, 9.17) is 0 Å². The molecule has 0 aromatic rings. The van der Waals surface area contributed by atoms with Crippen molar-refractivity contribution in [2.75, 3.05) is 0 Å². The first kappa shape index (κ1) is 23.4. The minimum Gasteiger partial charge on any atom is -0.300 e. The van der Waals surface area contributed by atoms with Crippen LogP contribution in [0.5, 0.6) is 0 Å². The van der Waals surface area contributed by atoms with Crippen molar-refractivity contribution in [3.8, 4) is 0 Å². The lowest BCUT2D eigenvalue weighted by atomic mass is 10.0. The second kappa shape index (κ2) is 20.5. The van der Waals surface area contributed by atoms with Gasteiger partial charge in [-0.2, -0.15) is 0 Å². The molecule has 0 unspecified atom stereocenters. The number of rotatable bonds is 19. The summed E-state index contributed by atoms with van der Waals surface area (Å²) in [6.45, 7) is 3.98. The second-order valence-corrected chi connectivity index (χ2v) is 7.45. The van der Waals surface area contributed by atoms with Crippen LogP contribution in [0.4, 0.5) is 0 Å². The normalized spacial score (nSPS) is 11.4. The number of hydrogen-bond acceptors (Lipinski definition) is 1. The number of carbonyl (C=O) groups excluding carboxylic acids is 1. The summed E-state index contributed by atoms with van der Waals surface area (Å²) >= 11 is 0. The predicted molar refractivity (Wildman–Crippen MR) is 109 cm³/mol. The number of ketones is 1. The van der Waals surface area contributed by atoms with Crippen LogP contribution in [0.1, 0.15) is 129 Å². The zero-order valence-corrected chi connectivity index (χ0v) is 16.8. The van der Waals surface area contributed by atoms with Gasteiger partial charge in [-0.25, -0.2) is 0 Å². The van der Waals surface area contributed by atoms with Crippen molar-refractivity contribution in [3.05, 3.63) is 12.2 Å². The van der Waals surface area contributed by atoms with E-state index >= 15 is 0 Å². The van der Waals surface area contributed by atoms with E-state index in [1.807, 2.05) is 0 Å². The Labute approximate surface area is 152 Å². The molecule has 0 aliphatic carbocycles. The van der Waals surface area contributed by atoms with E-state index in [-0.39, 0.29) is 0 Å². The molecular weight excluding hydrogens is 292 g/mol. The van der Waals surface area contributed by atoms with Crippen LogP contribution >= 0.6 is 0 Å². The number of hydrogen-bond donors (Lipinski definition) is 0. The molecule has 0 rings (SSSR count). The fourth-order valence-electron chi connectivity index (χ4n) is 3.15. The smallest absolute Gasteiger partial charge is 0.129 e. The molecule has 0 amide bonds. The monoisotopic (exact) mass is 336 g/mol. The molecule has 0 atom stereocenters. The Hall–Kier alpha value is -0.590. The molecule has 24 heavy (non-hydrogen) atoms. The lowest BCUT2D eigenvalue weighted by Gasteiger charge is -2.01. The maximum Gasteiger partial charge on any atom is 0.129 e. The lowest BCUT2D eigenvalue weighted by molar-refractivity contribution is -0.117. The summed E-state index contributed by atoms with van der Waals surface area (Å²) in [5, 5.41) is 0. The van der Waals surface area contributed by atoms with Crippen LogP contribution in [0.2, 0.25) is 0 Å². The summed E-state index contributed by atoms with van der Waals surface area (Å²) in [5.41, 5.74) is 0. The van der Waals surface area contributed by atoms with Crippen LogP contribution in [0.15, 0.2) is 12.2 Å². The molecular formula is C23H44O. The van der Waals surface area contributed by atoms with Crippen molar-refractivity contribution >= 4 is 5.78 Å². The molecule has 0 N–H and O–H groups in total. The topological polar surface area (TPSA) is 17.1 Å². The Morgan fingerprint density at radius 1 is 0.583 bits per heavy atom. The first-order chi connectivity index (χ1) is 11.8. The van der Waals surface area contributed by atoms with Crippen LogP contribution in [0, 0.1) is 0 Å². The van der Waals surface area contributed by atoms with Gasteiger partial charge in [0.05, 0.1) is 0 Å². The number of Topliss-reactive ketones (excluding diaryl/α,β-unsaturated/α-hetero) is 1. The number of carbonyl (C=O) groups is 1. The molecule has 0 aliphatic heterocycles. The molecule has 1 heteroatoms. The average Bonchev–Trinajstić information content (AvgIpc) is 2.56. The van der Waals surface area contributed by atoms with E-state index in [1.165, 1.54) is 103 Å². The number of allylic oxidation sites excluding steroid dienone is 2. The Morgan fingerprint density at radius 3 is 1.38 bits per heavy atom. The largest absolute Gasteiger partial charge is 0.300 e. The summed E-state index contributed by atoms with van der Waals surface area (Å²) in [5.74, 6) is 0.344. The maximum absolute atomic E-state index is 10.8. The van der Waals surface area contributed by atoms with Crippen LogP contribution in [-0.4, -0.2) is 5.78 Å². The molecule has 0 aromatic carbocycles. The van der Waals surface area contributed by atoms with Crippen molar-refractivity contribution in [1.82, 2.24) is 0 Å². The minimum atomic E-state index is 0.344. The van der Waals surface area contributed by atoms with Crippen LogP contribution in [0.25, 0.3) is 0 Å². The van der Waals surface area contributed by atoms with Gasteiger partial charge in [-0.15, -0.1) is 0 Å². The van der Waals surface area contributed by atoms with E-state index in [2.05, 4.69) is 19.1 Å². The SMILES string of the molecule is CCCCCCCCC=CCCCCCCCCCCCC(C)=O. The van der Waals surface area contributed by atoms with Gasteiger partial charge < -0.3 is 4.79 Å². The predicted octanol–water partition coefficient (Wildman–Crippen LogP) is 8.17. The molecule has 0 fully saturated rings. The fraction of sp³-hybridized carbons (Fsp3) is 0.870. The summed E-state index contributed by atoms with van der Waals surface area (Å²) in [6.07, 6.45) is 28.5.